The molecule has 0 saturated heterocycles. The lowest BCUT2D eigenvalue weighted by Crippen LogP contribution is -2.21. The molecule has 0 fully saturated rings. The number of carbonyl (C=O) groups excluding carboxylic acids is 1. The molecule has 0 bridgehead atoms. The van der Waals surface area contributed by atoms with Crippen LogP contribution in [0.1, 0.15) is 24.2 Å². The summed E-state index contributed by atoms with van der Waals surface area (Å²) in [6.45, 7) is 3.88. The number of rotatable bonds is 3. The molecule has 0 unspecified atom stereocenters. The number of nitrogens with two attached hydrogens (primary N) is 1. The van der Waals surface area contributed by atoms with E-state index in [4.69, 9.17) is 17.5 Å². The van der Waals surface area contributed by atoms with Crippen LogP contribution in [-0.2, 0) is 0 Å². The molecular weight excluding hydrogens is 202 g/mol. The highest BCUT2D eigenvalue weighted by Crippen LogP contribution is 2.16. The second-order valence-electron chi connectivity index (χ2n) is 3.17. The van der Waals surface area contributed by atoms with Gasteiger partial charge in [-0.25, -0.2) is 4.98 Å². The highest BCUT2D eigenvalue weighted by atomic mass is 35.5. The molecule has 0 aliphatic carbocycles. The van der Waals surface area contributed by atoms with Gasteiger partial charge in [0.05, 0.1) is 5.56 Å². The van der Waals surface area contributed by atoms with E-state index in [0.29, 0.717) is 11.4 Å². The van der Waals surface area contributed by atoms with Gasteiger partial charge in [0.25, 0.3) is 0 Å². The molecule has 2 N–H and O–H groups in total. The van der Waals surface area contributed by atoms with E-state index in [1.165, 1.54) is 10.6 Å². The molecule has 76 valence electrons. The van der Waals surface area contributed by atoms with Gasteiger partial charge in [0.15, 0.2) is 0 Å². The number of aromatic nitrogens is 1. The third kappa shape index (κ3) is 2.35. The van der Waals surface area contributed by atoms with E-state index in [-0.39, 0.29) is 6.04 Å². The van der Waals surface area contributed by atoms with E-state index in [2.05, 4.69) is 4.98 Å². The van der Waals surface area contributed by atoms with Crippen molar-refractivity contribution in [1.29, 1.82) is 0 Å². The molecule has 1 heterocycles. The lowest BCUT2D eigenvalue weighted by molar-refractivity contribution is 0.1000. The van der Waals surface area contributed by atoms with Gasteiger partial charge in [-0.2, -0.15) is 0 Å². The van der Waals surface area contributed by atoms with Gasteiger partial charge in [-0.05, 0) is 26.0 Å². The van der Waals surface area contributed by atoms with Gasteiger partial charge in [-0.3, -0.25) is 9.21 Å². The lowest BCUT2D eigenvalue weighted by Gasteiger charge is -2.18. The second kappa shape index (κ2) is 4.28. The Kier molecular flexibility index (Phi) is 3.30. The Morgan fingerprint density at radius 2 is 2.21 bits per heavy atom. The zero-order valence-electron chi connectivity index (χ0n) is 8.07. The van der Waals surface area contributed by atoms with Crippen molar-refractivity contribution < 1.29 is 4.79 Å². The average Bonchev–Trinajstić information content (AvgIpc) is 2.16. The molecule has 1 rings (SSSR count). The van der Waals surface area contributed by atoms with Crippen molar-refractivity contribution in [3.63, 3.8) is 0 Å². The van der Waals surface area contributed by atoms with Gasteiger partial charge < -0.3 is 5.73 Å². The Hall–Kier alpha value is -1.29. The van der Waals surface area contributed by atoms with Crippen LogP contribution in [0.5, 0.6) is 0 Å². The molecule has 0 radical (unpaired) electrons. The Morgan fingerprint density at radius 1 is 1.57 bits per heavy atom. The van der Waals surface area contributed by atoms with Crippen molar-refractivity contribution in [2.75, 3.05) is 4.42 Å². The molecule has 4 nitrogen and oxygen atoms in total. The summed E-state index contributed by atoms with van der Waals surface area (Å²) in [6, 6.07) is 3.40. The maximum Gasteiger partial charge on any atom is 0.250 e. The molecule has 1 aromatic heterocycles. The third-order valence-electron chi connectivity index (χ3n) is 1.70. The van der Waals surface area contributed by atoms with Gasteiger partial charge in [0.1, 0.15) is 5.82 Å². The third-order valence-corrected chi connectivity index (χ3v) is 2.27. The minimum Gasteiger partial charge on any atom is -0.366 e. The summed E-state index contributed by atoms with van der Waals surface area (Å²) in [5.74, 6) is 0.112. The molecule has 0 saturated carbocycles. The maximum atomic E-state index is 10.8. The zero-order valence-corrected chi connectivity index (χ0v) is 8.82. The summed E-state index contributed by atoms with van der Waals surface area (Å²) < 4.78 is 1.49. The first kappa shape index (κ1) is 10.8. The molecule has 0 spiro atoms. The lowest BCUT2D eigenvalue weighted by atomic mass is 10.2. The van der Waals surface area contributed by atoms with Crippen LogP contribution >= 0.6 is 11.8 Å². The molecule has 0 aliphatic heterocycles. The maximum absolute atomic E-state index is 10.8. The number of primary amides is 1. The number of pyridine rings is 1. The van der Waals surface area contributed by atoms with Crippen molar-refractivity contribution in [2.24, 2.45) is 5.73 Å². The largest absolute Gasteiger partial charge is 0.366 e. The van der Waals surface area contributed by atoms with Crippen molar-refractivity contribution in [3.05, 3.63) is 23.9 Å². The fourth-order valence-corrected chi connectivity index (χ4v) is 1.02. The van der Waals surface area contributed by atoms with E-state index in [1.807, 2.05) is 13.8 Å². The van der Waals surface area contributed by atoms with E-state index in [1.54, 1.807) is 12.1 Å². The highest BCUT2D eigenvalue weighted by Gasteiger charge is 2.09. The van der Waals surface area contributed by atoms with Crippen LogP contribution in [-0.4, -0.2) is 16.9 Å². The first-order valence-electron chi connectivity index (χ1n) is 4.23. The van der Waals surface area contributed by atoms with Crippen LogP contribution in [0.15, 0.2) is 18.3 Å². The number of hydrogen-bond donors (Lipinski definition) is 1. The molecular formula is C9H12ClN3O. The summed E-state index contributed by atoms with van der Waals surface area (Å²) in [6.07, 6.45) is 1.41. The van der Waals surface area contributed by atoms with Gasteiger partial charge in [0.2, 0.25) is 5.91 Å². The summed E-state index contributed by atoms with van der Waals surface area (Å²) in [5.41, 5.74) is 5.45. The second-order valence-corrected chi connectivity index (χ2v) is 3.54. The van der Waals surface area contributed by atoms with Crippen LogP contribution in [0.2, 0.25) is 0 Å². The summed E-state index contributed by atoms with van der Waals surface area (Å²) >= 11 is 5.93. The molecule has 1 aromatic rings. The minimum atomic E-state index is -0.491. The van der Waals surface area contributed by atoms with Crippen molar-refractivity contribution in [3.8, 4) is 0 Å². The van der Waals surface area contributed by atoms with Gasteiger partial charge >= 0.3 is 0 Å². The summed E-state index contributed by atoms with van der Waals surface area (Å²) in [4.78, 5) is 14.8. The van der Waals surface area contributed by atoms with E-state index in [9.17, 15) is 4.79 Å². The SMILES string of the molecule is CC(C)N(Cl)c1ccc(C(N)=O)cn1. The average molecular weight is 214 g/mol. The standard InChI is InChI=1S/C9H12ClN3O/c1-6(2)13(10)8-4-3-7(5-12-8)9(11)14/h3-6H,1-2H3,(H2,11,14). The topological polar surface area (TPSA) is 59.2 Å². The van der Waals surface area contributed by atoms with E-state index in [0.717, 1.165) is 0 Å². The van der Waals surface area contributed by atoms with Crippen molar-refractivity contribution in [2.45, 2.75) is 19.9 Å². The van der Waals surface area contributed by atoms with Crippen LogP contribution in [0.3, 0.4) is 0 Å². The van der Waals surface area contributed by atoms with Gasteiger partial charge in [0, 0.05) is 24.0 Å². The number of nitrogens with zero attached hydrogens (tertiary/aromatic N) is 2. The normalized spacial score (nSPS) is 10.3. The molecule has 5 heteroatoms. The number of anilines is 1. The van der Waals surface area contributed by atoms with Crippen LogP contribution in [0.25, 0.3) is 0 Å². The number of halogens is 1. The first-order valence-corrected chi connectivity index (χ1v) is 4.57. The molecule has 1 amide bonds. The van der Waals surface area contributed by atoms with E-state index < -0.39 is 5.91 Å². The van der Waals surface area contributed by atoms with E-state index >= 15 is 0 Å². The Bertz CT molecular complexity index is 323. The van der Waals surface area contributed by atoms with Gasteiger partial charge in [-0.1, -0.05) is 0 Å². The van der Waals surface area contributed by atoms with Crippen LogP contribution in [0.4, 0.5) is 5.82 Å². The van der Waals surface area contributed by atoms with Crippen LogP contribution < -0.4 is 10.2 Å². The summed E-state index contributed by atoms with van der Waals surface area (Å²) in [5, 5.41) is 0. The van der Waals surface area contributed by atoms with Crippen molar-refractivity contribution >= 4 is 23.5 Å². The van der Waals surface area contributed by atoms with Gasteiger partial charge in [-0.15, -0.1) is 0 Å². The molecule has 0 atom stereocenters. The van der Waals surface area contributed by atoms with Crippen LogP contribution in [0, 0.1) is 0 Å². The zero-order chi connectivity index (χ0) is 10.7. The fourth-order valence-electron chi connectivity index (χ4n) is 0.923. The monoisotopic (exact) mass is 213 g/mol. The van der Waals surface area contributed by atoms with Crippen molar-refractivity contribution in [1.82, 2.24) is 4.98 Å². The fraction of sp³-hybridized carbons (Fsp3) is 0.333. The Morgan fingerprint density at radius 3 is 2.57 bits per heavy atom. The molecule has 0 aromatic carbocycles. The first-order chi connectivity index (χ1) is 6.52. The Balaban J connectivity index is 2.88. The number of amides is 1. The number of hydrogen-bond acceptors (Lipinski definition) is 3. The molecule has 0 aliphatic rings. The highest BCUT2D eigenvalue weighted by molar-refractivity contribution is 6.25. The Labute approximate surface area is 87.8 Å². The quantitative estimate of drug-likeness (QED) is 0.775. The number of carbonyl (C=O) groups is 1. The molecule has 14 heavy (non-hydrogen) atoms. The minimum absolute atomic E-state index is 0.142. The predicted octanol–water partition coefficient (Wildman–Crippen LogP) is 1.55. The summed E-state index contributed by atoms with van der Waals surface area (Å²) in [7, 11) is 0. The predicted molar refractivity (Wildman–Crippen MR) is 56.2 cm³/mol. The smallest absolute Gasteiger partial charge is 0.250 e.